The number of pyridine rings is 1. The average Bonchev–Trinajstić information content (AvgIpc) is 3.01. The van der Waals surface area contributed by atoms with E-state index in [2.05, 4.69) is 26.2 Å². The van der Waals surface area contributed by atoms with E-state index in [1.54, 1.807) is 30.1 Å². The Balaban J connectivity index is 0.000000306. The van der Waals surface area contributed by atoms with Crippen molar-refractivity contribution in [1.29, 1.82) is 0 Å². The molecule has 6 nitrogen and oxygen atoms in total. The number of ether oxygens (including phenoxy) is 1. The number of rotatable bonds is 4. The van der Waals surface area contributed by atoms with Crippen molar-refractivity contribution in [2.75, 3.05) is 14.2 Å². The van der Waals surface area contributed by atoms with Crippen LogP contribution >= 0.6 is 0 Å². The van der Waals surface area contributed by atoms with Gasteiger partial charge in [0.1, 0.15) is 0 Å². The van der Waals surface area contributed by atoms with E-state index >= 15 is 0 Å². The summed E-state index contributed by atoms with van der Waals surface area (Å²) in [7, 11) is 4.94. The quantitative estimate of drug-likeness (QED) is 0.380. The van der Waals surface area contributed by atoms with E-state index in [0.29, 0.717) is 17.9 Å². The van der Waals surface area contributed by atoms with Crippen LogP contribution in [0.1, 0.15) is 21.7 Å². The normalized spacial score (nSPS) is 9.86. The second kappa shape index (κ2) is 11.5. The third-order valence-corrected chi connectivity index (χ3v) is 3.83. The van der Waals surface area contributed by atoms with Crippen molar-refractivity contribution in [1.82, 2.24) is 20.1 Å². The standard InChI is InChI=1S/C13H11F2N2.C7H10N2O2.Ir/c1-16-8-9-4-5-17-13(6-9)11-3-2-10(14)7-12(11)15;1-5-4-6(7(10)11-3)8-9(5)2;/h2,4-7,16H,8H2,1H3;4H,1-3H3;/q-1;;. The predicted octanol–water partition coefficient (Wildman–Crippen LogP) is 3.06. The zero-order valence-corrected chi connectivity index (χ0v) is 18.8. The van der Waals surface area contributed by atoms with E-state index in [0.717, 1.165) is 23.4 Å². The Morgan fingerprint density at radius 2 is 2.03 bits per heavy atom. The van der Waals surface area contributed by atoms with Gasteiger partial charge in [0.05, 0.1) is 7.11 Å². The molecule has 1 radical (unpaired) electrons. The summed E-state index contributed by atoms with van der Waals surface area (Å²) in [6, 6.07) is 9.77. The number of carbonyl (C=O) groups is 1. The van der Waals surface area contributed by atoms with Gasteiger partial charge in [0.15, 0.2) is 5.69 Å². The molecule has 2 aromatic heterocycles. The van der Waals surface area contributed by atoms with Gasteiger partial charge in [-0.15, -0.1) is 12.1 Å². The number of nitrogens with one attached hydrogen (secondary N) is 1. The monoisotopic (exact) mass is 580 g/mol. The van der Waals surface area contributed by atoms with Crippen LogP contribution in [0.15, 0.2) is 36.5 Å². The molecule has 0 unspecified atom stereocenters. The van der Waals surface area contributed by atoms with Gasteiger partial charge in [0, 0.05) is 57.2 Å². The van der Waals surface area contributed by atoms with Gasteiger partial charge in [-0.25, -0.2) is 4.79 Å². The van der Waals surface area contributed by atoms with Gasteiger partial charge in [-0.3, -0.25) is 13.5 Å². The summed E-state index contributed by atoms with van der Waals surface area (Å²) in [6.07, 6.45) is 1.60. The van der Waals surface area contributed by atoms with Crippen molar-refractivity contribution in [3.63, 3.8) is 0 Å². The molecule has 0 spiro atoms. The summed E-state index contributed by atoms with van der Waals surface area (Å²) < 4.78 is 32.4. The minimum absolute atomic E-state index is 0. The van der Waals surface area contributed by atoms with E-state index in [1.807, 2.05) is 20.0 Å². The summed E-state index contributed by atoms with van der Waals surface area (Å²) in [5.74, 6) is -1.69. The minimum atomic E-state index is -0.654. The number of halogens is 2. The van der Waals surface area contributed by atoms with Gasteiger partial charge >= 0.3 is 5.97 Å². The summed E-state index contributed by atoms with van der Waals surface area (Å²) in [5, 5.41) is 6.92. The van der Waals surface area contributed by atoms with Crippen LogP contribution in [0.3, 0.4) is 0 Å². The zero-order valence-electron chi connectivity index (χ0n) is 16.4. The number of benzene rings is 1. The number of nitrogens with zero attached hydrogens (tertiary/aromatic N) is 3. The van der Waals surface area contributed by atoms with Gasteiger partial charge in [-0.2, -0.15) is 5.10 Å². The van der Waals surface area contributed by atoms with Crippen molar-refractivity contribution in [2.24, 2.45) is 7.05 Å². The molecule has 0 fully saturated rings. The number of hydrogen-bond donors (Lipinski definition) is 1. The van der Waals surface area contributed by atoms with Crippen LogP contribution in [0, 0.1) is 24.6 Å². The number of methoxy groups -OCH3 is 1. The molecule has 1 N–H and O–H groups in total. The molecule has 0 aliphatic rings. The molecule has 0 aliphatic carbocycles. The number of esters is 1. The van der Waals surface area contributed by atoms with Crippen molar-refractivity contribution < 1.29 is 38.4 Å². The molecule has 0 atom stereocenters. The van der Waals surface area contributed by atoms with Crippen molar-refractivity contribution in [2.45, 2.75) is 13.5 Å². The number of aromatic nitrogens is 3. The summed E-state index contributed by atoms with van der Waals surface area (Å²) in [5.41, 5.74) is 2.91. The van der Waals surface area contributed by atoms with Crippen LogP contribution in [0.2, 0.25) is 0 Å². The maximum Gasteiger partial charge on any atom is 0.358 e. The van der Waals surface area contributed by atoms with Crippen LogP contribution in [0.5, 0.6) is 0 Å². The molecule has 3 rings (SSSR count). The molecule has 9 heteroatoms. The smallest absolute Gasteiger partial charge is 0.358 e. The molecule has 0 bridgehead atoms. The predicted molar refractivity (Wildman–Crippen MR) is 100 cm³/mol. The number of hydrogen-bond acceptors (Lipinski definition) is 5. The van der Waals surface area contributed by atoms with Crippen LogP contribution < -0.4 is 5.32 Å². The summed E-state index contributed by atoms with van der Waals surface area (Å²) in [6.45, 7) is 2.54. The van der Waals surface area contributed by atoms with Crippen LogP contribution in [0.4, 0.5) is 8.78 Å². The minimum Gasteiger partial charge on any atom is -0.464 e. The molecule has 2 heterocycles. The van der Waals surface area contributed by atoms with Crippen LogP contribution in [0.25, 0.3) is 11.3 Å². The van der Waals surface area contributed by atoms with Crippen LogP contribution in [-0.2, 0) is 38.4 Å². The van der Waals surface area contributed by atoms with E-state index in [1.165, 1.54) is 7.11 Å². The number of carbonyl (C=O) groups excluding carboxylic acids is 1. The van der Waals surface area contributed by atoms with Crippen molar-refractivity contribution >= 4 is 5.97 Å². The first kappa shape index (κ1) is 24.6. The largest absolute Gasteiger partial charge is 0.464 e. The topological polar surface area (TPSA) is 69.0 Å². The summed E-state index contributed by atoms with van der Waals surface area (Å²) >= 11 is 0. The second-order valence-electron chi connectivity index (χ2n) is 5.91. The second-order valence-corrected chi connectivity index (χ2v) is 5.91. The molecule has 0 saturated carbocycles. The van der Waals surface area contributed by atoms with Crippen molar-refractivity contribution in [3.8, 4) is 11.3 Å². The maximum absolute atomic E-state index is 13.5. The molecule has 3 aromatic rings. The molecule has 1 aromatic carbocycles. The summed E-state index contributed by atoms with van der Waals surface area (Å²) in [4.78, 5) is 14.9. The number of aryl methyl sites for hydroxylation is 2. The van der Waals surface area contributed by atoms with Gasteiger partial charge in [-0.1, -0.05) is 17.7 Å². The third kappa shape index (κ3) is 6.81. The van der Waals surface area contributed by atoms with Gasteiger partial charge in [0.25, 0.3) is 0 Å². The molecule has 0 aliphatic heterocycles. The van der Waals surface area contributed by atoms with Crippen LogP contribution in [-0.4, -0.2) is 34.9 Å². The first-order valence-electron chi connectivity index (χ1n) is 8.41. The first-order chi connectivity index (χ1) is 13.3. The van der Waals surface area contributed by atoms with E-state index in [4.69, 9.17) is 0 Å². The SMILES string of the molecule is CNCc1ccnc(-c2[c-]cc(F)cc2F)c1.COC(=O)c1cc(C)n(C)n1.[Ir]. The fourth-order valence-corrected chi connectivity index (χ4v) is 2.33. The zero-order chi connectivity index (χ0) is 20.7. The van der Waals surface area contributed by atoms with Gasteiger partial charge < -0.3 is 15.0 Å². The van der Waals surface area contributed by atoms with E-state index in [-0.39, 0.29) is 25.7 Å². The fourth-order valence-electron chi connectivity index (χ4n) is 2.33. The Morgan fingerprint density at radius 3 is 2.59 bits per heavy atom. The Bertz CT molecular complexity index is 944. The molecule has 0 saturated heterocycles. The molecular weight excluding hydrogens is 558 g/mol. The van der Waals surface area contributed by atoms with E-state index < -0.39 is 17.6 Å². The van der Waals surface area contributed by atoms with E-state index in [9.17, 15) is 13.6 Å². The molecule has 157 valence electrons. The Morgan fingerprint density at radius 1 is 1.31 bits per heavy atom. The molecule has 29 heavy (non-hydrogen) atoms. The maximum atomic E-state index is 13.5. The third-order valence-electron chi connectivity index (χ3n) is 3.83. The first-order valence-corrected chi connectivity index (χ1v) is 8.41. The average molecular weight is 580 g/mol. The Kier molecular flexibility index (Phi) is 9.74. The van der Waals surface area contributed by atoms with Crippen molar-refractivity contribution in [3.05, 3.63) is 71.2 Å². The molecular formula is C20H21F2IrN4O2-. The van der Waals surface area contributed by atoms with Gasteiger partial charge in [0.2, 0.25) is 0 Å². The Hall–Kier alpha value is -2.48. The molecule has 0 amide bonds. The fraction of sp³-hybridized carbons (Fsp3) is 0.250. The Labute approximate surface area is 181 Å². The van der Waals surface area contributed by atoms with Gasteiger partial charge in [-0.05, 0) is 37.4 Å².